The standard InChI is InChI=1S/C23H21N3O4/c27-20-14-13-19(25-26(20)15-16-7-3-1-4-8-16)23(29)30-21(17-9-5-2-6-10-17)22(28)24-18-11-12-18/h1-10,13-14,18,21H,11-12,15H2,(H,24,28)/t21-/m0/s1. The zero-order valence-corrected chi connectivity index (χ0v) is 16.2. The first-order valence-corrected chi connectivity index (χ1v) is 9.78. The quantitative estimate of drug-likeness (QED) is 0.612. The van der Waals surface area contributed by atoms with Crippen molar-refractivity contribution in [3.63, 3.8) is 0 Å². The highest BCUT2D eigenvalue weighted by Gasteiger charge is 2.31. The number of aromatic nitrogens is 2. The van der Waals surface area contributed by atoms with Crippen LogP contribution in [-0.2, 0) is 16.1 Å². The molecule has 1 aliphatic carbocycles. The van der Waals surface area contributed by atoms with Crippen LogP contribution >= 0.6 is 0 Å². The van der Waals surface area contributed by atoms with E-state index < -0.39 is 12.1 Å². The molecule has 1 atom stereocenters. The lowest BCUT2D eigenvalue weighted by Gasteiger charge is -2.18. The van der Waals surface area contributed by atoms with Gasteiger partial charge in [-0.05, 0) is 24.5 Å². The lowest BCUT2D eigenvalue weighted by atomic mass is 10.1. The van der Waals surface area contributed by atoms with Gasteiger partial charge in [-0.3, -0.25) is 9.59 Å². The SMILES string of the molecule is O=C(O[C@H](C(=O)NC1CC1)c1ccccc1)c1ccc(=O)n(Cc2ccccc2)n1. The van der Waals surface area contributed by atoms with Gasteiger partial charge in [0, 0.05) is 17.7 Å². The average Bonchev–Trinajstić information content (AvgIpc) is 3.58. The number of benzene rings is 2. The molecule has 1 aliphatic rings. The molecule has 1 aromatic heterocycles. The van der Waals surface area contributed by atoms with E-state index in [1.807, 2.05) is 36.4 Å². The lowest BCUT2D eigenvalue weighted by molar-refractivity contribution is -0.130. The highest BCUT2D eigenvalue weighted by atomic mass is 16.5. The molecule has 1 heterocycles. The fourth-order valence-corrected chi connectivity index (χ4v) is 3.00. The molecule has 0 aliphatic heterocycles. The minimum absolute atomic E-state index is 0.0364. The van der Waals surface area contributed by atoms with Gasteiger partial charge in [-0.2, -0.15) is 5.10 Å². The monoisotopic (exact) mass is 403 g/mol. The van der Waals surface area contributed by atoms with Crippen LogP contribution in [0.1, 0.15) is 40.6 Å². The number of nitrogens with zero attached hydrogens (tertiary/aromatic N) is 2. The smallest absolute Gasteiger partial charge is 0.359 e. The summed E-state index contributed by atoms with van der Waals surface area (Å²) in [5.74, 6) is -1.13. The largest absolute Gasteiger partial charge is 0.443 e. The van der Waals surface area contributed by atoms with Crippen LogP contribution in [0.3, 0.4) is 0 Å². The van der Waals surface area contributed by atoms with E-state index >= 15 is 0 Å². The maximum absolute atomic E-state index is 12.8. The highest BCUT2D eigenvalue weighted by Crippen LogP contribution is 2.23. The molecule has 0 unspecified atom stereocenters. The number of ether oxygens (including phenoxy) is 1. The van der Waals surface area contributed by atoms with Gasteiger partial charge in [-0.25, -0.2) is 9.48 Å². The number of carbonyl (C=O) groups is 2. The van der Waals surface area contributed by atoms with Crippen molar-refractivity contribution in [1.82, 2.24) is 15.1 Å². The van der Waals surface area contributed by atoms with Gasteiger partial charge < -0.3 is 10.1 Å². The van der Waals surface area contributed by atoms with Gasteiger partial charge in [0.2, 0.25) is 6.10 Å². The molecule has 1 saturated carbocycles. The van der Waals surface area contributed by atoms with Crippen LogP contribution in [0, 0.1) is 0 Å². The van der Waals surface area contributed by atoms with Crippen molar-refractivity contribution in [3.05, 3.63) is 100.0 Å². The first-order valence-electron chi connectivity index (χ1n) is 9.78. The number of hydrogen-bond acceptors (Lipinski definition) is 5. The van der Waals surface area contributed by atoms with Crippen molar-refractivity contribution in [2.24, 2.45) is 0 Å². The van der Waals surface area contributed by atoms with E-state index in [1.54, 1.807) is 24.3 Å². The van der Waals surface area contributed by atoms with E-state index in [0.29, 0.717) is 5.56 Å². The zero-order valence-electron chi connectivity index (χ0n) is 16.2. The predicted molar refractivity (Wildman–Crippen MR) is 110 cm³/mol. The minimum Gasteiger partial charge on any atom is -0.443 e. The molecular weight excluding hydrogens is 382 g/mol. The molecular formula is C23H21N3O4. The van der Waals surface area contributed by atoms with Crippen LogP contribution in [-0.4, -0.2) is 27.7 Å². The van der Waals surface area contributed by atoms with Crippen LogP contribution in [0.25, 0.3) is 0 Å². The second kappa shape index (κ2) is 8.73. The van der Waals surface area contributed by atoms with Crippen LogP contribution < -0.4 is 10.9 Å². The van der Waals surface area contributed by atoms with Crippen molar-refractivity contribution >= 4 is 11.9 Å². The second-order valence-electron chi connectivity index (χ2n) is 7.18. The number of nitrogens with one attached hydrogen (secondary N) is 1. The van der Waals surface area contributed by atoms with E-state index in [9.17, 15) is 14.4 Å². The molecule has 1 amide bonds. The summed E-state index contributed by atoms with van der Waals surface area (Å²) in [6.45, 7) is 0.227. The van der Waals surface area contributed by atoms with Gasteiger partial charge in [0.05, 0.1) is 6.54 Å². The van der Waals surface area contributed by atoms with Crippen LogP contribution in [0.5, 0.6) is 0 Å². The first-order chi connectivity index (χ1) is 14.6. The molecule has 0 radical (unpaired) electrons. The molecule has 7 nitrogen and oxygen atoms in total. The molecule has 0 saturated heterocycles. The number of hydrogen-bond donors (Lipinski definition) is 1. The Bertz CT molecular complexity index is 1090. The van der Waals surface area contributed by atoms with Gasteiger partial charge in [0.25, 0.3) is 11.5 Å². The van der Waals surface area contributed by atoms with E-state index in [-0.39, 0.29) is 29.7 Å². The Morgan fingerprint density at radius 3 is 2.33 bits per heavy atom. The van der Waals surface area contributed by atoms with Crippen molar-refractivity contribution in [1.29, 1.82) is 0 Å². The van der Waals surface area contributed by atoms with Gasteiger partial charge in [-0.15, -0.1) is 0 Å². The number of carbonyl (C=O) groups excluding carboxylic acids is 2. The Morgan fingerprint density at radius 1 is 1.00 bits per heavy atom. The van der Waals surface area contributed by atoms with Gasteiger partial charge in [0.15, 0.2) is 5.69 Å². The summed E-state index contributed by atoms with van der Waals surface area (Å²) in [5, 5.41) is 7.02. The maximum Gasteiger partial charge on any atom is 0.359 e. The summed E-state index contributed by atoms with van der Waals surface area (Å²) in [6, 6.07) is 20.9. The maximum atomic E-state index is 12.8. The number of esters is 1. The van der Waals surface area contributed by atoms with Gasteiger partial charge in [0.1, 0.15) is 0 Å². The summed E-state index contributed by atoms with van der Waals surface area (Å²) in [6.07, 6.45) is 0.760. The zero-order chi connectivity index (χ0) is 20.9. The molecule has 0 bridgehead atoms. The van der Waals surface area contributed by atoms with Crippen molar-refractivity contribution < 1.29 is 14.3 Å². The van der Waals surface area contributed by atoms with Crippen molar-refractivity contribution in [2.75, 3.05) is 0 Å². The Hall–Kier alpha value is -3.74. The van der Waals surface area contributed by atoms with Crippen molar-refractivity contribution in [3.8, 4) is 0 Å². The molecule has 30 heavy (non-hydrogen) atoms. The predicted octanol–water partition coefficient (Wildman–Crippen LogP) is 2.47. The fourth-order valence-electron chi connectivity index (χ4n) is 3.00. The Labute approximate surface area is 173 Å². The van der Waals surface area contributed by atoms with Crippen LogP contribution in [0.15, 0.2) is 77.6 Å². The summed E-state index contributed by atoms with van der Waals surface area (Å²) >= 11 is 0. The summed E-state index contributed by atoms with van der Waals surface area (Å²) in [7, 11) is 0. The molecule has 0 spiro atoms. The molecule has 7 heteroatoms. The summed E-state index contributed by atoms with van der Waals surface area (Å²) in [4.78, 5) is 37.6. The molecule has 1 fully saturated rings. The number of rotatable bonds is 7. The van der Waals surface area contributed by atoms with Crippen LogP contribution in [0.2, 0.25) is 0 Å². The topological polar surface area (TPSA) is 90.3 Å². The van der Waals surface area contributed by atoms with E-state index in [1.165, 1.54) is 16.8 Å². The third kappa shape index (κ3) is 4.81. The van der Waals surface area contributed by atoms with Crippen LogP contribution in [0.4, 0.5) is 0 Å². The fraction of sp³-hybridized carbons (Fsp3) is 0.217. The Balaban J connectivity index is 1.55. The highest BCUT2D eigenvalue weighted by molar-refractivity contribution is 5.91. The molecule has 4 rings (SSSR count). The first kappa shape index (κ1) is 19.6. The molecule has 1 N–H and O–H groups in total. The second-order valence-corrected chi connectivity index (χ2v) is 7.18. The Kier molecular flexibility index (Phi) is 5.70. The van der Waals surface area contributed by atoms with E-state index in [0.717, 1.165) is 18.4 Å². The third-order valence-corrected chi connectivity index (χ3v) is 4.74. The summed E-state index contributed by atoms with van der Waals surface area (Å²) < 4.78 is 6.73. The third-order valence-electron chi connectivity index (χ3n) is 4.74. The molecule has 152 valence electrons. The van der Waals surface area contributed by atoms with E-state index in [2.05, 4.69) is 10.4 Å². The van der Waals surface area contributed by atoms with E-state index in [4.69, 9.17) is 4.74 Å². The van der Waals surface area contributed by atoms with Crippen molar-refractivity contribution in [2.45, 2.75) is 31.5 Å². The molecule has 2 aromatic carbocycles. The average molecular weight is 403 g/mol. The van der Waals surface area contributed by atoms with Gasteiger partial charge in [-0.1, -0.05) is 60.7 Å². The molecule has 3 aromatic rings. The number of amides is 1. The Morgan fingerprint density at radius 2 is 1.67 bits per heavy atom. The summed E-state index contributed by atoms with van der Waals surface area (Å²) in [5.41, 5.74) is 1.08. The van der Waals surface area contributed by atoms with Gasteiger partial charge >= 0.3 is 5.97 Å². The normalized spacial score (nSPS) is 14.0. The lowest BCUT2D eigenvalue weighted by Crippen LogP contribution is -2.34. The minimum atomic E-state index is -1.09.